The van der Waals surface area contributed by atoms with Crippen molar-refractivity contribution in [1.29, 1.82) is 0 Å². The second-order valence-corrected chi connectivity index (χ2v) is 4.14. The molecule has 0 amide bonds. The van der Waals surface area contributed by atoms with Gasteiger partial charge in [0.25, 0.3) is 0 Å². The molecule has 4 heteroatoms. The van der Waals surface area contributed by atoms with E-state index in [2.05, 4.69) is 0 Å². The molecule has 0 aromatic heterocycles. The standard InChI is InChI=1S/C11H16N2O2/c1-7-3-9-10(15-6-14-9)4-8(7)11(2,13)5-12/h3-4H,5-6,12-13H2,1-2H3. The van der Waals surface area contributed by atoms with Gasteiger partial charge in [-0.3, -0.25) is 0 Å². The van der Waals surface area contributed by atoms with Crippen molar-refractivity contribution in [1.82, 2.24) is 0 Å². The van der Waals surface area contributed by atoms with Crippen molar-refractivity contribution in [3.8, 4) is 11.5 Å². The van der Waals surface area contributed by atoms with Crippen molar-refractivity contribution in [2.75, 3.05) is 13.3 Å². The Bertz CT molecular complexity index is 388. The van der Waals surface area contributed by atoms with Gasteiger partial charge in [-0.15, -0.1) is 0 Å². The third kappa shape index (κ3) is 1.66. The second kappa shape index (κ2) is 3.40. The lowest BCUT2D eigenvalue weighted by molar-refractivity contribution is 0.174. The lowest BCUT2D eigenvalue weighted by Crippen LogP contribution is -2.41. The van der Waals surface area contributed by atoms with Crippen molar-refractivity contribution in [3.63, 3.8) is 0 Å². The van der Waals surface area contributed by atoms with Crippen LogP contribution in [0.2, 0.25) is 0 Å². The molecule has 1 aliphatic heterocycles. The van der Waals surface area contributed by atoms with E-state index < -0.39 is 5.54 Å². The predicted molar refractivity (Wildman–Crippen MR) is 57.9 cm³/mol. The van der Waals surface area contributed by atoms with Crippen LogP contribution in [0.1, 0.15) is 18.1 Å². The molecule has 0 saturated carbocycles. The van der Waals surface area contributed by atoms with E-state index in [9.17, 15) is 0 Å². The van der Waals surface area contributed by atoms with Gasteiger partial charge in [-0.05, 0) is 37.1 Å². The molecule has 1 aromatic carbocycles. The van der Waals surface area contributed by atoms with Gasteiger partial charge >= 0.3 is 0 Å². The highest BCUT2D eigenvalue weighted by Gasteiger charge is 2.25. The SMILES string of the molecule is Cc1cc2c(cc1C(C)(N)CN)OCO2. The van der Waals surface area contributed by atoms with E-state index in [1.807, 2.05) is 26.0 Å². The summed E-state index contributed by atoms with van der Waals surface area (Å²) in [5, 5.41) is 0. The van der Waals surface area contributed by atoms with Crippen LogP contribution >= 0.6 is 0 Å². The molecule has 1 aliphatic rings. The van der Waals surface area contributed by atoms with Crippen molar-refractivity contribution >= 4 is 0 Å². The zero-order valence-corrected chi connectivity index (χ0v) is 9.04. The highest BCUT2D eigenvalue weighted by molar-refractivity contribution is 5.50. The summed E-state index contributed by atoms with van der Waals surface area (Å²) in [5.41, 5.74) is 13.3. The molecule has 1 atom stereocenters. The van der Waals surface area contributed by atoms with Gasteiger partial charge in [-0.25, -0.2) is 0 Å². The zero-order chi connectivity index (χ0) is 11.1. The fourth-order valence-electron chi connectivity index (χ4n) is 1.77. The summed E-state index contributed by atoms with van der Waals surface area (Å²) in [5.74, 6) is 1.53. The van der Waals surface area contributed by atoms with Crippen molar-refractivity contribution in [2.24, 2.45) is 11.5 Å². The van der Waals surface area contributed by atoms with Crippen molar-refractivity contribution < 1.29 is 9.47 Å². The fraction of sp³-hybridized carbons (Fsp3) is 0.455. The molecule has 0 aliphatic carbocycles. The van der Waals surface area contributed by atoms with Crippen LogP contribution < -0.4 is 20.9 Å². The predicted octanol–water partition coefficient (Wildman–Crippen LogP) is 0.856. The number of aryl methyl sites for hydroxylation is 1. The largest absolute Gasteiger partial charge is 0.454 e. The average Bonchev–Trinajstić information content (AvgIpc) is 2.63. The zero-order valence-electron chi connectivity index (χ0n) is 9.04. The molecule has 82 valence electrons. The first kappa shape index (κ1) is 10.3. The molecule has 1 heterocycles. The summed E-state index contributed by atoms with van der Waals surface area (Å²) in [6.45, 7) is 4.59. The van der Waals surface area contributed by atoms with E-state index in [-0.39, 0.29) is 6.79 Å². The second-order valence-electron chi connectivity index (χ2n) is 4.14. The molecule has 2 rings (SSSR count). The number of nitrogens with two attached hydrogens (primary N) is 2. The fourth-order valence-corrected chi connectivity index (χ4v) is 1.77. The van der Waals surface area contributed by atoms with E-state index in [1.165, 1.54) is 0 Å². The monoisotopic (exact) mass is 208 g/mol. The number of ether oxygens (including phenoxy) is 2. The molecule has 0 spiro atoms. The van der Waals surface area contributed by atoms with E-state index in [1.54, 1.807) is 0 Å². The third-order valence-electron chi connectivity index (χ3n) is 2.76. The summed E-state index contributed by atoms with van der Waals surface area (Å²) in [4.78, 5) is 0. The Hall–Kier alpha value is -1.26. The molecule has 0 fully saturated rings. The maximum atomic E-state index is 6.11. The molecular formula is C11H16N2O2. The Morgan fingerprint density at radius 2 is 1.93 bits per heavy atom. The van der Waals surface area contributed by atoms with Crippen LogP contribution in [0.3, 0.4) is 0 Å². The summed E-state index contributed by atoms with van der Waals surface area (Å²) in [6.07, 6.45) is 0. The van der Waals surface area contributed by atoms with Crippen LogP contribution in [0.5, 0.6) is 11.5 Å². The minimum atomic E-state index is -0.523. The Balaban J connectivity index is 2.49. The Morgan fingerprint density at radius 3 is 2.53 bits per heavy atom. The van der Waals surface area contributed by atoms with E-state index in [4.69, 9.17) is 20.9 Å². The number of rotatable bonds is 2. The molecule has 1 unspecified atom stereocenters. The summed E-state index contributed by atoms with van der Waals surface area (Å²) in [7, 11) is 0. The van der Waals surface area contributed by atoms with Crippen molar-refractivity contribution in [3.05, 3.63) is 23.3 Å². The topological polar surface area (TPSA) is 70.5 Å². The van der Waals surface area contributed by atoms with Crippen LogP contribution in [0, 0.1) is 6.92 Å². The molecule has 15 heavy (non-hydrogen) atoms. The molecular weight excluding hydrogens is 192 g/mol. The maximum Gasteiger partial charge on any atom is 0.231 e. The van der Waals surface area contributed by atoms with Gasteiger partial charge in [-0.1, -0.05) is 0 Å². The number of hydrogen-bond acceptors (Lipinski definition) is 4. The van der Waals surface area contributed by atoms with E-state index in [0.29, 0.717) is 6.54 Å². The van der Waals surface area contributed by atoms with Gasteiger partial charge in [0.05, 0.1) is 5.54 Å². The highest BCUT2D eigenvalue weighted by Crippen LogP contribution is 2.37. The Labute approximate surface area is 89.2 Å². The third-order valence-corrected chi connectivity index (χ3v) is 2.76. The van der Waals surface area contributed by atoms with Gasteiger partial charge in [0, 0.05) is 6.54 Å². The molecule has 4 N–H and O–H groups in total. The molecule has 0 bridgehead atoms. The first-order chi connectivity index (χ1) is 7.04. The first-order valence-electron chi connectivity index (χ1n) is 4.94. The Morgan fingerprint density at radius 1 is 1.33 bits per heavy atom. The van der Waals surface area contributed by atoms with Gasteiger partial charge < -0.3 is 20.9 Å². The van der Waals surface area contributed by atoms with Crippen molar-refractivity contribution in [2.45, 2.75) is 19.4 Å². The molecule has 1 aromatic rings. The van der Waals surface area contributed by atoms with Crippen LogP contribution in [-0.2, 0) is 5.54 Å². The summed E-state index contributed by atoms with van der Waals surface area (Å²) in [6, 6.07) is 3.86. The average molecular weight is 208 g/mol. The quantitative estimate of drug-likeness (QED) is 0.756. The van der Waals surface area contributed by atoms with Gasteiger partial charge in [0.2, 0.25) is 6.79 Å². The summed E-state index contributed by atoms with van der Waals surface area (Å²) >= 11 is 0. The number of benzene rings is 1. The lowest BCUT2D eigenvalue weighted by atomic mass is 9.89. The van der Waals surface area contributed by atoms with Crippen LogP contribution in [-0.4, -0.2) is 13.3 Å². The minimum Gasteiger partial charge on any atom is -0.454 e. The van der Waals surface area contributed by atoms with Crippen LogP contribution in [0.25, 0.3) is 0 Å². The van der Waals surface area contributed by atoms with Gasteiger partial charge in [0.15, 0.2) is 11.5 Å². The minimum absolute atomic E-state index is 0.280. The molecule has 0 radical (unpaired) electrons. The number of hydrogen-bond donors (Lipinski definition) is 2. The lowest BCUT2D eigenvalue weighted by Gasteiger charge is -2.25. The number of fused-ring (bicyclic) bond motifs is 1. The molecule has 0 saturated heterocycles. The van der Waals surface area contributed by atoms with E-state index in [0.717, 1.165) is 22.6 Å². The highest BCUT2D eigenvalue weighted by atomic mass is 16.7. The maximum absolute atomic E-state index is 6.11. The Kier molecular flexibility index (Phi) is 2.32. The first-order valence-corrected chi connectivity index (χ1v) is 4.94. The summed E-state index contributed by atoms with van der Waals surface area (Å²) < 4.78 is 10.6. The van der Waals surface area contributed by atoms with Crippen LogP contribution in [0.4, 0.5) is 0 Å². The normalized spacial score (nSPS) is 17.6. The van der Waals surface area contributed by atoms with Crippen LogP contribution in [0.15, 0.2) is 12.1 Å². The smallest absolute Gasteiger partial charge is 0.231 e. The van der Waals surface area contributed by atoms with Gasteiger partial charge in [0.1, 0.15) is 0 Å². The molecule has 4 nitrogen and oxygen atoms in total. The van der Waals surface area contributed by atoms with E-state index >= 15 is 0 Å². The van der Waals surface area contributed by atoms with Gasteiger partial charge in [-0.2, -0.15) is 0 Å².